The highest BCUT2D eigenvalue weighted by molar-refractivity contribution is 5.25. The van der Waals surface area contributed by atoms with Crippen LogP contribution in [0.1, 0.15) is 6.92 Å². The van der Waals surface area contributed by atoms with E-state index in [9.17, 15) is 8.78 Å². The van der Waals surface area contributed by atoms with Crippen LogP contribution in [0.25, 0.3) is 0 Å². The maximum Gasteiger partial charge on any atom is 0.165 e. The van der Waals surface area contributed by atoms with Gasteiger partial charge in [0.25, 0.3) is 0 Å². The van der Waals surface area contributed by atoms with E-state index in [1.54, 1.807) is 0 Å². The summed E-state index contributed by atoms with van der Waals surface area (Å²) < 4.78 is 31.0. The lowest BCUT2D eigenvalue weighted by molar-refractivity contribution is 0.327. The monoisotopic (exact) mass is 227 g/mol. The molecule has 0 aromatic heterocycles. The topological polar surface area (TPSA) is 21.3 Å². The Kier molecular flexibility index (Phi) is 4.92. The average molecular weight is 227 g/mol. The molecular weight excluding hydrogens is 212 g/mol. The molecule has 1 aromatic rings. The van der Waals surface area contributed by atoms with Gasteiger partial charge in [-0.3, -0.25) is 0 Å². The predicted octanol–water partition coefficient (Wildman–Crippen LogP) is 2.51. The first-order chi connectivity index (χ1) is 7.63. The molecule has 0 spiro atoms. The van der Waals surface area contributed by atoms with Gasteiger partial charge in [-0.2, -0.15) is 0 Å². The Hall–Kier alpha value is -1.42. The summed E-state index contributed by atoms with van der Waals surface area (Å²) in [7, 11) is 0. The fourth-order valence-corrected chi connectivity index (χ4v) is 1.12. The van der Waals surface area contributed by atoms with Gasteiger partial charge in [0.2, 0.25) is 0 Å². The lowest BCUT2D eigenvalue weighted by atomic mass is 10.3. The largest absolute Gasteiger partial charge is 0.486 e. The van der Waals surface area contributed by atoms with Gasteiger partial charge >= 0.3 is 0 Å². The number of benzene rings is 1. The van der Waals surface area contributed by atoms with Crippen molar-refractivity contribution in [1.29, 1.82) is 0 Å². The van der Waals surface area contributed by atoms with E-state index in [1.807, 2.05) is 6.92 Å². The Balaban J connectivity index is 2.47. The minimum Gasteiger partial charge on any atom is -0.486 e. The first-order valence-corrected chi connectivity index (χ1v) is 5.08. The summed E-state index contributed by atoms with van der Waals surface area (Å²) in [5, 5.41) is 3.06. The zero-order valence-electron chi connectivity index (χ0n) is 9.22. The normalized spacial score (nSPS) is 10.2. The molecule has 0 aliphatic rings. The van der Waals surface area contributed by atoms with Gasteiger partial charge in [-0.25, -0.2) is 8.78 Å². The maximum atomic E-state index is 13.1. The summed E-state index contributed by atoms with van der Waals surface area (Å²) >= 11 is 0. The molecular formula is C12H15F2NO. The molecule has 0 bridgehead atoms. The third-order valence-corrected chi connectivity index (χ3v) is 1.95. The zero-order chi connectivity index (χ0) is 12.0. The molecule has 16 heavy (non-hydrogen) atoms. The molecule has 88 valence electrons. The molecule has 0 atom stereocenters. The Morgan fingerprint density at radius 2 is 2.19 bits per heavy atom. The first kappa shape index (κ1) is 12.6. The van der Waals surface area contributed by atoms with Gasteiger partial charge in [-0.1, -0.05) is 13.5 Å². The minimum atomic E-state index is -0.572. The summed E-state index contributed by atoms with van der Waals surface area (Å²) in [6.07, 6.45) is 0. The number of nitrogens with one attached hydrogen (secondary N) is 1. The number of halogens is 2. The summed E-state index contributed by atoms with van der Waals surface area (Å²) in [6.45, 7) is 7.33. The maximum absolute atomic E-state index is 13.1. The van der Waals surface area contributed by atoms with Gasteiger partial charge in [0.05, 0.1) is 0 Å². The van der Waals surface area contributed by atoms with Crippen molar-refractivity contribution >= 4 is 0 Å². The van der Waals surface area contributed by atoms with Crippen molar-refractivity contribution in [1.82, 2.24) is 5.32 Å². The van der Waals surface area contributed by atoms with Crippen molar-refractivity contribution in [3.63, 3.8) is 0 Å². The van der Waals surface area contributed by atoms with Crippen LogP contribution < -0.4 is 10.1 Å². The van der Waals surface area contributed by atoms with Crippen LogP contribution in [0.5, 0.6) is 5.75 Å². The van der Waals surface area contributed by atoms with Gasteiger partial charge in [0, 0.05) is 12.6 Å². The van der Waals surface area contributed by atoms with Crippen LogP contribution in [0.4, 0.5) is 8.78 Å². The van der Waals surface area contributed by atoms with Gasteiger partial charge in [0.1, 0.15) is 12.4 Å². The fourth-order valence-electron chi connectivity index (χ4n) is 1.12. The highest BCUT2D eigenvalue weighted by Crippen LogP contribution is 2.18. The van der Waals surface area contributed by atoms with Crippen LogP contribution in [0, 0.1) is 11.6 Å². The average Bonchev–Trinajstić information content (AvgIpc) is 2.27. The second kappa shape index (κ2) is 6.23. The summed E-state index contributed by atoms with van der Waals surface area (Å²) in [5.74, 6) is -1.18. The highest BCUT2D eigenvalue weighted by Gasteiger charge is 2.05. The molecule has 0 saturated carbocycles. The van der Waals surface area contributed by atoms with E-state index in [0.29, 0.717) is 6.54 Å². The Labute approximate surface area is 93.9 Å². The summed E-state index contributed by atoms with van der Waals surface area (Å²) in [5.41, 5.74) is 0.783. The number of hydrogen-bond acceptors (Lipinski definition) is 2. The van der Waals surface area contributed by atoms with E-state index in [-0.39, 0.29) is 12.4 Å². The zero-order valence-corrected chi connectivity index (χ0v) is 9.22. The molecule has 0 amide bonds. The van der Waals surface area contributed by atoms with Crippen LogP contribution in [0.15, 0.2) is 30.4 Å². The molecule has 2 nitrogen and oxygen atoms in total. The van der Waals surface area contributed by atoms with Crippen LogP contribution in [-0.4, -0.2) is 19.7 Å². The van der Waals surface area contributed by atoms with Crippen molar-refractivity contribution in [2.24, 2.45) is 0 Å². The van der Waals surface area contributed by atoms with Crippen LogP contribution in [0.2, 0.25) is 0 Å². The van der Waals surface area contributed by atoms with E-state index in [4.69, 9.17) is 4.74 Å². The Bertz CT molecular complexity index is 366. The predicted molar refractivity (Wildman–Crippen MR) is 59.5 cm³/mol. The number of rotatable bonds is 6. The van der Waals surface area contributed by atoms with E-state index in [0.717, 1.165) is 30.3 Å². The third-order valence-electron chi connectivity index (χ3n) is 1.95. The number of ether oxygens (including phenoxy) is 1. The fraction of sp³-hybridized carbons (Fsp3) is 0.333. The van der Waals surface area contributed by atoms with Crippen molar-refractivity contribution in [3.8, 4) is 5.75 Å². The highest BCUT2D eigenvalue weighted by atomic mass is 19.1. The standard InChI is InChI=1S/C12H15F2NO/c1-3-15-7-9(2)8-16-12-6-10(13)4-5-11(12)14/h4-6,15H,2-3,7-8H2,1H3. The first-order valence-electron chi connectivity index (χ1n) is 5.08. The minimum absolute atomic E-state index is 0.0855. The smallest absolute Gasteiger partial charge is 0.165 e. The molecule has 0 radical (unpaired) electrons. The van der Waals surface area contributed by atoms with Crippen LogP contribution in [-0.2, 0) is 0 Å². The van der Waals surface area contributed by atoms with E-state index >= 15 is 0 Å². The lowest BCUT2D eigenvalue weighted by Gasteiger charge is -2.09. The molecule has 0 saturated heterocycles. The lowest BCUT2D eigenvalue weighted by Crippen LogP contribution is -2.19. The second-order valence-electron chi connectivity index (χ2n) is 3.39. The van der Waals surface area contributed by atoms with Crippen LogP contribution in [0.3, 0.4) is 0 Å². The van der Waals surface area contributed by atoms with Crippen molar-refractivity contribution in [2.75, 3.05) is 19.7 Å². The quantitative estimate of drug-likeness (QED) is 0.754. The molecule has 0 aliphatic heterocycles. The van der Waals surface area contributed by atoms with Crippen molar-refractivity contribution in [2.45, 2.75) is 6.92 Å². The SMILES string of the molecule is C=C(CNCC)COc1cc(F)ccc1F. The van der Waals surface area contributed by atoms with Gasteiger partial charge < -0.3 is 10.1 Å². The van der Waals surface area contributed by atoms with Crippen molar-refractivity contribution in [3.05, 3.63) is 42.0 Å². The van der Waals surface area contributed by atoms with E-state index in [1.165, 1.54) is 0 Å². The molecule has 0 aliphatic carbocycles. The van der Waals surface area contributed by atoms with E-state index < -0.39 is 11.6 Å². The molecule has 0 unspecified atom stereocenters. The molecule has 1 rings (SSSR count). The van der Waals surface area contributed by atoms with Gasteiger partial charge in [-0.15, -0.1) is 0 Å². The van der Waals surface area contributed by atoms with Crippen LogP contribution >= 0.6 is 0 Å². The molecule has 1 N–H and O–H groups in total. The van der Waals surface area contributed by atoms with Gasteiger partial charge in [0.15, 0.2) is 11.6 Å². The van der Waals surface area contributed by atoms with Crippen molar-refractivity contribution < 1.29 is 13.5 Å². The molecule has 0 heterocycles. The summed E-state index contributed by atoms with van der Waals surface area (Å²) in [4.78, 5) is 0. The Morgan fingerprint density at radius 1 is 1.44 bits per heavy atom. The van der Waals surface area contributed by atoms with Gasteiger partial charge in [-0.05, 0) is 24.3 Å². The van der Waals surface area contributed by atoms with E-state index in [2.05, 4.69) is 11.9 Å². The molecule has 1 aromatic carbocycles. The third kappa shape index (κ3) is 3.98. The Morgan fingerprint density at radius 3 is 2.88 bits per heavy atom. The second-order valence-corrected chi connectivity index (χ2v) is 3.39. The number of hydrogen-bond donors (Lipinski definition) is 1. The molecule has 4 heteroatoms. The molecule has 0 fully saturated rings. The summed E-state index contributed by atoms with van der Waals surface area (Å²) in [6, 6.07) is 3.11. The number of likely N-dealkylation sites (N-methyl/N-ethyl adjacent to an activating group) is 1.